The molecule has 0 aliphatic heterocycles. The molecule has 1 saturated carbocycles. The van der Waals surface area contributed by atoms with Crippen LogP contribution < -0.4 is 0 Å². The lowest BCUT2D eigenvalue weighted by atomic mass is 9.99. The third-order valence-corrected chi connectivity index (χ3v) is 8.78. The fraction of sp³-hybridized carbons (Fsp3) is 0.643. The summed E-state index contributed by atoms with van der Waals surface area (Å²) in [6, 6.07) is 9.28. The van der Waals surface area contributed by atoms with Crippen molar-refractivity contribution < 1.29 is 10.2 Å². The molecular formula is C28H43O2P. The Labute approximate surface area is 191 Å². The van der Waals surface area contributed by atoms with E-state index in [1.807, 2.05) is 24.3 Å². The van der Waals surface area contributed by atoms with Crippen LogP contribution >= 0.6 is 8.58 Å². The zero-order valence-electron chi connectivity index (χ0n) is 19.4. The number of hydrogen-bond donors (Lipinski definition) is 2. The number of fused-ring (bicyclic) bond motifs is 1. The minimum Gasteiger partial charge on any atom is -0.507 e. The van der Waals surface area contributed by atoms with Crippen LogP contribution in [-0.2, 0) is 6.42 Å². The number of unbranched alkanes of at least 4 members (excludes halogenated alkanes) is 7. The van der Waals surface area contributed by atoms with Crippen LogP contribution in [-0.4, -0.2) is 22.0 Å². The minimum atomic E-state index is 0.276. The predicted molar refractivity (Wildman–Crippen MR) is 137 cm³/mol. The second-order valence-electron chi connectivity index (χ2n) is 9.52. The highest BCUT2D eigenvalue weighted by Crippen LogP contribution is 2.36. The van der Waals surface area contributed by atoms with Crippen molar-refractivity contribution in [2.75, 3.05) is 6.16 Å². The van der Waals surface area contributed by atoms with Crippen molar-refractivity contribution in [2.24, 2.45) is 0 Å². The Morgan fingerprint density at radius 1 is 0.710 bits per heavy atom. The summed E-state index contributed by atoms with van der Waals surface area (Å²) in [5.41, 5.74) is 1.94. The molecule has 1 unspecified atom stereocenters. The topological polar surface area (TPSA) is 40.5 Å². The summed E-state index contributed by atoms with van der Waals surface area (Å²) in [4.78, 5) is 0. The van der Waals surface area contributed by atoms with Gasteiger partial charge in [-0.1, -0.05) is 94.9 Å². The van der Waals surface area contributed by atoms with Gasteiger partial charge in [0, 0.05) is 10.8 Å². The molecule has 1 aliphatic rings. The van der Waals surface area contributed by atoms with Crippen molar-refractivity contribution in [1.82, 2.24) is 0 Å². The van der Waals surface area contributed by atoms with Gasteiger partial charge in [-0.05, 0) is 55.6 Å². The van der Waals surface area contributed by atoms with Crippen molar-refractivity contribution in [3.63, 3.8) is 0 Å². The quantitative estimate of drug-likeness (QED) is 0.196. The number of benzene rings is 2. The largest absolute Gasteiger partial charge is 0.507 e. The molecule has 0 radical (unpaired) electrons. The van der Waals surface area contributed by atoms with E-state index in [9.17, 15) is 10.2 Å². The Hall–Kier alpha value is -1.27. The second-order valence-corrected chi connectivity index (χ2v) is 11.2. The Morgan fingerprint density at radius 3 is 2.00 bits per heavy atom. The summed E-state index contributed by atoms with van der Waals surface area (Å²) < 4.78 is 0. The van der Waals surface area contributed by atoms with Crippen molar-refractivity contribution >= 4 is 19.4 Å². The summed E-state index contributed by atoms with van der Waals surface area (Å²) in [5.74, 6) is 0.618. The van der Waals surface area contributed by atoms with E-state index in [1.54, 1.807) is 6.07 Å². The molecule has 2 N–H and O–H groups in total. The molecule has 1 atom stereocenters. The Balaban J connectivity index is 1.20. The van der Waals surface area contributed by atoms with Gasteiger partial charge in [0.05, 0.1) is 0 Å². The number of hydrogen-bond acceptors (Lipinski definition) is 2. The standard InChI is InChI=1S/C28H43O2P/c29-27-22-23(28(30)26-20-14-13-19-25(26)27)16-10-6-3-1-2-4-9-15-21-31-24-17-11-7-5-8-12-18-24/h13-14,19-20,22,24,29-31H,1-12,15-18,21H2. The van der Waals surface area contributed by atoms with E-state index in [-0.39, 0.29) is 5.75 Å². The van der Waals surface area contributed by atoms with Gasteiger partial charge in [0.1, 0.15) is 11.5 Å². The van der Waals surface area contributed by atoms with Crippen LogP contribution in [0.1, 0.15) is 102 Å². The van der Waals surface area contributed by atoms with Crippen molar-refractivity contribution in [1.29, 1.82) is 0 Å². The minimum absolute atomic E-state index is 0.276. The summed E-state index contributed by atoms with van der Waals surface area (Å²) in [5, 5.41) is 22.2. The molecule has 1 aliphatic carbocycles. The molecule has 2 aromatic rings. The van der Waals surface area contributed by atoms with E-state index >= 15 is 0 Å². The van der Waals surface area contributed by atoms with Crippen LogP contribution in [0.25, 0.3) is 10.8 Å². The first-order valence-electron chi connectivity index (χ1n) is 12.9. The molecule has 2 aromatic carbocycles. The fourth-order valence-electron chi connectivity index (χ4n) is 5.06. The van der Waals surface area contributed by atoms with E-state index in [0.29, 0.717) is 5.75 Å². The van der Waals surface area contributed by atoms with E-state index < -0.39 is 0 Å². The highest BCUT2D eigenvalue weighted by Gasteiger charge is 2.11. The van der Waals surface area contributed by atoms with Crippen molar-refractivity contribution in [2.45, 2.75) is 108 Å². The third kappa shape index (κ3) is 8.30. The number of aromatic hydroxyl groups is 2. The van der Waals surface area contributed by atoms with Gasteiger partial charge in [-0.25, -0.2) is 0 Å². The van der Waals surface area contributed by atoms with Crippen LogP contribution in [0.4, 0.5) is 0 Å². The smallest absolute Gasteiger partial charge is 0.126 e. The number of phenols is 2. The molecule has 31 heavy (non-hydrogen) atoms. The van der Waals surface area contributed by atoms with Crippen LogP contribution in [0, 0.1) is 0 Å². The Kier molecular flexibility index (Phi) is 11.0. The first-order valence-corrected chi connectivity index (χ1v) is 14.2. The maximum absolute atomic E-state index is 10.5. The zero-order valence-corrected chi connectivity index (χ0v) is 20.4. The summed E-state index contributed by atoms with van der Waals surface area (Å²) in [6.07, 6.45) is 23.3. The van der Waals surface area contributed by atoms with Crippen LogP contribution in [0.3, 0.4) is 0 Å². The van der Waals surface area contributed by atoms with Crippen molar-refractivity contribution in [3.05, 3.63) is 35.9 Å². The Bertz CT molecular complexity index is 765. The first-order chi connectivity index (χ1) is 15.3. The molecule has 3 rings (SSSR count). The molecule has 1 fully saturated rings. The fourth-order valence-corrected chi connectivity index (χ4v) is 6.73. The maximum Gasteiger partial charge on any atom is 0.126 e. The van der Waals surface area contributed by atoms with Crippen molar-refractivity contribution in [3.8, 4) is 11.5 Å². The highest BCUT2D eigenvalue weighted by atomic mass is 31.1. The molecular weight excluding hydrogens is 399 g/mol. The van der Waals surface area contributed by atoms with Gasteiger partial charge < -0.3 is 10.2 Å². The molecule has 0 aromatic heterocycles. The maximum atomic E-state index is 10.5. The molecule has 2 nitrogen and oxygen atoms in total. The molecule has 172 valence electrons. The lowest BCUT2D eigenvalue weighted by Crippen LogP contribution is -2.04. The predicted octanol–water partition coefficient (Wildman–Crippen LogP) is 8.71. The van der Waals surface area contributed by atoms with Gasteiger partial charge in [-0.3, -0.25) is 0 Å². The van der Waals surface area contributed by atoms with Gasteiger partial charge >= 0.3 is 0 Å². The SMILES string of the molecule is Oc1cc(CCCCCCCCCCPC2CCCCCCC2)c(O)c2ccccc12. The monoisotopic (exact) mass is 442 g/mol. The van der Waals surface area contributed by atoms with Gasteiger partial charge in [-0.2, -0.15) is 0 Å². The number of rotatable bonds is 12. The van der Waals surface area contributed by atoms with E-state index in [4.69, 9.17) is 0 Å². The molecule has 0 bridgehead atoms. The third-order valence-electron chi connectivity index (χ3n) is 6.98. The van der Waals surface area contributed by atoms with Crippen LogP contribution in [0.5, 0.6) is 11.5 Å². The Morgan fingerprint density at radius 2 is 1.29 bits per heavy atom. The zero-order chi connectivity index (χ0) is 21.7. The average molecular weight is 443 g/mol. The normalized spacial score (nSPS) is 16.1. The lowest BCUT2D eigenvalue weighted by molar-refractivity contribution is 0.461. The number of aryl methyl sites for hydroxylation is 1. The van der Waals surface area contributed by atoms with E-state index in [2.05, 4.69) is 0 Å². The summed E-state index contributed by atoms with van der Waals surface area (Å²) >= 11 is 0. The lowest BCUT2D eigenvalue weighted by Gasteiger charge is -2.19. The van der Waals surface area contributed by atoms with E-state index in [0.717, 1.165) is 34.8 Å². The number of phenolic OH excluding ortho intramolecular Hbond substituents is 2. The highest BCUT2D eigenvalue weighted by molar-refractivity contribution is 7.38. The molecule has 0 amide bonds. The van der Waals surface area contributed by atoms with Gasteiger partial charge in [0.25, 0.3) is 0 Å². The first kappa shape index (κ1) is 24.4. The summed E-state index contributed by atoms with van der Waals surface area (Å²) in [6.45, 7) is 0. The van der Waals surface area contributed by atoms with Crippen LogP contribution in [0.15, 0.2) is 30.3 Å². The molecule has 3 heteroatoms. The van der Waals surface area contributed by atoms with Gasteiger partial charge in [-0.15, -0.1) is 8.58 Å². The molecule has 0 heterocycles. The van der Waals surface area contributed by atoms with E-state index in [1.165, 1.54) is 105 Å². The molecule has 0 saturated heterocycles. The van der Waals surface area contributed by atoms with Gasteiger partial charge in [0.2, 0.25) is 0 Å². The van der Waals surface area contributed by atoms with Crippen LogP contribution in [0.2, 0.25) is 0 Å². The second kappa shape index (κ2) is 14.0. The molecule has 0 spiro atoms. The van der Waals surface area contributed by atoms with Gasteiger partial charge in [0.15, 0.2) is 0 Å². The average Bonchev–Trinajstić information content (AvgIpc) is 2.76. The summed E-state index contributed by atoms with van der Waals surface area (Å²) in [7, 11) is 1.23.